The number of carbonyl (C=O) groups is 1. The first-order chi connectivity index (χ1) is 17.0. The maximum absolute atomic E-state index is 13.9. The van der Waals surface area contributed by atoms with Crippen molar-refractivity contribution in [2.75, 3.05) is 18.8 Å². The van der Waals surface area contributed by atoms with E-state index in [9.17, 15) is 14.0 Å². The largest absolute Gasteiger partial charge is 0.454 e. The molecule has 9 heteroatoms. The van der Waals surface area contributed by atoms with E-state index in [1.54, 1.807) is 54.3 Å². The highest BCUT2D eigenvalue weighted by molar-refractivity contribution is 5.94. The molecule has 0 spiro atoms. The van der Waals surface area contributed by atoms with Gasteiger partial charge in [0.2, 0.25) is 0 Å². The van der Waals surface area contributed by atoms with Crippen molar-refractivity contribution in [1.29, 1.82) is 0 Å². The van der Waals surface area contributed by atoms with Gasteiger partial charge in [0, 0.05) is 30.9 Å². The summed E-state index contributed by atoms with van der Waals surface area (Å²) in [4.78, 5) is 26.7. The number of carbonyl (C=O) groups excluding carboxylic acids is 1. The Morgan fingerprint density at radius 2 is 2.00 bits per heavy atom. The average Bonchev–Trinajstić information content (AvgIpc) is 3.50. The summed E-state index contributed by atoms with van der Waals surface area (Å²) in [5, 5.41) is 6.87. The first-order valence-electron chi connectivity index (χ1n) is 11.1. The van der Waals surface area contributed by atoms with E-state index in [1.807, 2.05) is 10.8 Å². The summed E-state index contributed by atoms with van der Waals surface area (Å²) in [5.74, 6) is 5.25. The number of nitrogens with zero attached hydrogens (tertiary/aromatic N) is 3. The van der Waals surface area contributed by atoms with Gasteiger partial charge in [0.15, 0.2) is 17.4 Å². The Morgan fingerprint density at radius 3 is 2.74 bits per heavy atom. The molecule has 3 N–H and O–H groups in total. The van der Waals surface area contributed by atoms with Gasteiger partial charge < -0.3 is 19.9 Å². The molecule has 1 aliphatic heterocycles. The molecule has 0 saturated carbocycles. The van der Waals surface area contributed by atoms with Crippen molar-refractivity contribution < 1.29 is 13.9 Å². The number of likely N-dealkylation sites (tertiary alicyclic amines) is 1. The van der Waals surface area contributed by atoms with Crippen LogP contribution >= 0.6 is 0 Å². The van der Waals surface area contributed by atoms with Crippen LogP contribution in [0.2, 0.25) is 0 Å². The monoisotopic (exact) mass is 471 g/mol. The lowest BCUT2D eigenvalue weighted by atomic mass is 9.99. The maximum Gasteiger partial charge on any atom is 0.298 e. The molecule has 1 saturated heterocycles. The van der Waals surface area contributed by atoms with Crippen LogP contribution in [0.25, 0.3) is 16.6 Å². The Balaban J connectivity index is 1.52. The number of hydrogen-bond acceptors (Lipinski definition) is 5. The molecule has 0 radical (unpaired) electrons. The van der Waals surface area contributed by atoms with E-state index < -0.39 is 5.82 Å². The minimum atomic E-state index is -0.454. The molecule has 1 fully saturated rings. The third-order valence-electron chi connectivity index (χ3n) is 6.11. The lowest BCUT2D eigenvalue weighted by molar-refractivity contribution is -0.124. The second kappa shape index (κ2) is 8.99. The Hall–Kier alpha value is -4.58. The number of hydrogen-bond donors (Lipinski definition) is 2. The molecule has 176 valence electrons. The third kappa shape index (κ3) is 4.10. The molecular weight excluding hydrogens is 449 g/mol. The zero-order valence-corrected chi connectivity index (χ0v) is 18.9. The fourth-order valence-corrected chi connectivity index (χ4v) is 4.46. The van der Waals surface area contributed by atoms with Gasteiger partial charge in [0.05, 0.1) is 5.39 Å². The number of H-pyrrole nitrogens is 1. The van der Waals surface area contributed by atoms with Crippen molar-refractivity contribution in [2.24, 2.45) is 0 Å². The van der Waals surface area contributed by atoms with Crippen LogP contribution in [-0.4, -0.2) is 38.7 Å². The van der Waals surface area contributed by atoms with Crippen molar-refractivity contribution >= 4 is 22.6 Å². The summed E-state index contributed by atoms with van der Waals surface area (Å²) in [6.45, 7) is 2.65. The Bertz CT molecular complexity index is 1550. The summed E-state index contributed by atoms with van der Waals surface area (Å²) < 4.78 is 21.4. The summed E-state index contributed by atoms with van der Waals surface area (Å²) >= 11 is 0. The number of fused-ring (bicyclic) bond motifs is 1. The molecule has 0 aliphatic carbocycles. The molecule has 4 aromatic rings. The molecule has 5 rings (SSSR count). The topological polar surface area (TPSA) is 106 Å². The first-order valence-corrected chi connectivity index (χ1v) is 11.1. The highest BCUT2D eigenvalue weighted by atomic mass is 19.1. The number of amides is 1. The summed E-state index contributed by atoms with van der Waals surface area (Å²) in [6.07, 6.45) is 2.57. The van der Waals surface area contributed by atoms with Gasteiger partial charge in [-0.05, 0) is 61.2 Å². The molecule has 8 nitrogen and oxygen atoms in total. The Morgan fingerprint density at radius 1 is 1.23 bits per heavy atom. The number of anilines is 1. The van der Waals surface area contributed by atoms with Gasteiger partial charge in [-0.25, -0.2) is 9.49 Å². The van der Waals surface area contributed by atoms with Gasteiger partial charge in [0.25, 0.3) is 11.5 Å². The van der Waals surface area contributed by atoms with E-state index in [1.165, 1.54) is 6.07 Å². The molecule has 0 bridgehead atoms. The van der Waals surface area contributed by atoms with Gasteiger partial charge in [-0.2, -0.15) is 5.10 Å². The number of benzene rings is 2. The molecular formula is C26H22FN5O3. The van der Waals surface area contributed by atoms with Crippen LogP contribution in [0.4, 0.5) is 10.2 Å². The van der Waals surface area contributed by atoms with E-state index >= 15 is 0 Å². The van der Waals surface area contributed by atoms with Crippen LogP contribution in [0.3, 0.4) is 0 Å². The number of rotatable bonds is 4. The number of nitrogens with two attached hydrogens (primary N) is 1. The number of nitrogens with one attached hydrogen (secondary N) is 1. The normalized spacial score (nSPS) is 15.1. The zero-order valence-electron chi connectivity index (χ0n) is 18.9. The number of halogens is 1. The number of ether oxygens (including phenoxy) is 1. The van der Waals surface area contributed by atoms with Crippen molar-refractivity contribution in [2.45, 2.75) is 19.3 Å². The van der Waals surface area contributed by atoms with Crippen LogP contribution < -0.4 is 16.0 Å². The first kappa shape index (κ1) is 22.2. The fourth-order valence-electron chi connectivity index (χ4n) is 4.46. The average molecular weight is 471 g/mol. The second-order valence-electron chi connectivity index (χ2n) is 8.25. The summed E-state index contributed by atoms with van der Waals surface area (Å²) in [6, 6.07) is 13.2. The van der Waals surface area contributed by atoms with Crippen molar-refractivity contribution in [3.8, 4) is 29.0 Å². The van der Waals surface area contributed by atoms with E-state index in [2.05, 4.69) is 22.0 Å². The van der Waals surface area contributed by atoms with E-state index in [0.717, 1.165) is 11.3 Å². The molecule has 3 heterocycles. The highest BCUT2D eigenvalue weighted by Gasteiger charge is 2.30. The third-order valence-corrected chi connectivity index (χ3v) is 6.11. The lowest BCUT2D eigenvalue weighted by Crippen LogP contribution is -2.27. The van der Waals surface area contributed by atoms with Crippen LogP contribution in [-0.2, 0) is 4.79 Å². The van der Waals surface area contributed by atoms with Gasteiger partial charge >= 0.3 is 0 Å². The standard InChI is InChI=1S/C26H22FN5O3/c1-2-5-22(33)31-13-12-16(14-31)19-15-32(24-23(19)26(34)30-29-25(24)28)17-8-10-18(11-9-17)35-21-7-4-3-6-20(21)27/h3-4,6-11,15-16H,12-14H2,1H3,(H2,28,29)(H,30,34)/t16-/m1/s1. The number of aromatic nitrogens is 3. The molecule has 1 atom stereocenters. The van der Waals surface area contributed by atoms with Crippen molar-refractivity contribution in [3.63, 3.8) is 0 Å². The minimum Gasteiger partial charge on any atom is -0.454 e. The van der Waals surface area contributed by atoms with Crippen LogP contribution in [0, 0.1) is 17.7 Å². The zero-order chi connectivity index (χ0) is 24.5. The number of aromatic amines is 1. The van der Waals surface area contributed by atoms with Crippen LogP contribution in [0.1, 0.15) is 24.8 Å². The lowest BCUT2D eigenvalue weighted by Gasteiger charge is -2.12. The Labute approximate surface area is 200 Å². The predicted molar refractivity (Wildman–Crippen MR) is 130 cm³/mol. The minimum absolute atomic E-state index is 0.0482. The summed E-state index contributed by atoms with van der Waals surface area (Å²) in [5.41, 5.74) is 7.85. The molecule has 35 heavy (non-hydrogen) atoms. The van der Waals surface area contributed by atoms with Gasteiger partial charge in [-0.15, -0.1) is 0 Å². The fraction of sp³-hybridized carbons (Fsp3) is 0.192. The molecule has 2 aromatic heterocycles. The van der Waals surface area contributed by atoms with E-state index in [4.69, 9.17) is 10.5 Å². The Kier molecular flexibility index (Phi) is 5.71. The maximum atomic E-state index is 13.9. The van der Waals surface area contributed by atoms with Crippen molar-refractivity contribution in [3.05, 3.63) is 76.5 Å². The SMILES string of the molecule is CC#CC(=O)N1CC[C@@H](c2cn(-c3ccc(Oc4ccccc4F)cc3)c3c(N)n[nH]c(=O)c23)C1. The van der Waals surface area contributed by atoms with Gasteiger partial charge in [-0.1, -0.05) is 18.1 Å². The quantitative estimate of drug-likeness (QED) is 0.443. The smallest absolute Gasteiger partial charge is 0.298 e. The van der Waals surface area contributed by atoms with Crippen LogP contribution in [0.15, 0.2) is 59.5 Å². The van der Waals surface area contributed by atoms with Gasteiger partial charge in [-0.3, -0.25) is 9.59 Å². The summed E-state index contributed by atoms with van der Waals surface area (Å²) in [7, 11) is 0. The molecule has 1 amide bonds. The molecule has 0 unspecified atom stereocenters. The number of para-hydroxylation sites is 1. The van der Waals surface area contributed by atoms with Crippen LogP contribution in [0.5, 0.6) is 11.5 Å². The highest BCUT2D eigenvalue weighted by Crippen LogP contribution is 2.35. The number of nitrogen functional groups attached to an aromatic ring is 1. The predicted octanol–water partition coefficient (Wildman–Crippen LogP) is 3.57. The second-order valence-corrected chi connectivity index (χ2v) is 8.25. The van der Waals surface area contributed by atoms with Crippen molar-refractivity contribution in [1.82, 2.24) is 19.7 Å². The van der Waals surface area contributed by atoms with Gasteiger partial charge in [0.1, 0.15) is 11.3 Å². The molecule has 1 aliphatic rings. The van der Waals surface area contributed by atoms with E-state index in [-0.39, 0.29) is 29.0 Å². The van der Waals surface area contributed by atoms with E-state index in [0.29, 0.717) is 36.2 Å². The molecule has 2 aromatic carbocycles.